The molecular formula is C29H29F2N7O2. The molecule has 9 nitrogen and oxygen atoms in total. The first kappa shape index (κ1) is 24.9. The summed E-state index contributed by atoms with van der Waals surface area (Å²) in [6.07, 6.45) is 5.84. The monoisotopic (exact) mass is 545 g/mol. The van der Waals surface area contributed by atoms with Crippen molar-refractivity contribution >= 4 is 28.7 Å². The second kappa shape index (κ2) is 9.53. The maximum atomic E-state index is 13.7. The zero-order valence-corrected chi connectivity index (χ0v) is 21.8. The average Bonchev–Trinajstić information content (AvgIpc) is 3.52. The van der Waals surface area contributed by atoms with Crippen molar-refractivity contribution in [3.8, 4) is 11.3 Å². The number of rotatable bonds is 6. The van der Waals surface area contributed by atoms with Crippen LogP contribution in [0.2, 0.25) is 0 Å². The van der Waals surface area contributed by atoms with Gasteiger partial charge in [0.15, 0.2) is 0 Å². The van der Waals surface area contributed by atoms with Crippen LogP contribution in [0.5, 0.6) is 0 Å². The van der Waals surface area contributed by atoms with Crippen molar-refractivity contribution in [3.05, 3.63) is 71.9 Å². The van der Waals surface area contributed by atoms with Gasteiger partial charge in [-0.3, -0.25) is 14.1 Å². The van der Waals surface area contributed by atoms with Gasteiger partial charge in [-0.15, -0.1) is 0 Å². The average molecular weight is 546 g/mol. The van der Waals surface area contributed by atoms with Gasteiger partial charge in [-0.25, -0.2) is 18.7 Å². The molecule has 206 valence electrons. The van der Waals surface area contributed by atoms with Crippen LogP contribution in [0, 0.1) is 5.82 Å². The molecule has 3 N–H and O–H groups in total. The zero-order chi connectivity index (χ0) is 27.4. The number of anilines is 3. The SMILES string of the molecule is O=C1NCc2c(-c3cnc4cc(F)ccn34)ccc(Nc3ccc(N4CCCC(O)(CN5CC(F)C5)C4)cn3)c21. The molecule has 1 unspecified atom stereocenters. The van der Waals surface area contributed by atoms with Crippen LogP contribution in [-0.4, -0.2) is 74.8 Å². The molecule has 3 aliphatic rings. The van der Waals surface area contributed by atoms with Crippen LogP contribution in [0.15, 0.2) is 55.0 Å². The Morgan fingerprint density at radius 1 is 1.15 bits per heavy atom. The van der Waals surface area contributed by atoms with Crippen molar-refractivity contribution in [2.24, 2.45) is 0 Å². The largest absolute Gasteiger partial charge is 0.387 e. The van der Waals surface area contributed by atoms with Gasteiger partial charge in [0.25, 0.3) is 5.91 Å². The Hall–Kier alpha value is -4.09. The molecule has 0 spiro atoms. The summed E-state index contributed by atoms with van der Waals surface area (Å²) in [6.45, 7) is 2.93. The van der Waals surface area contributed by atoms with Gasteiger partial charge in [-0.05, 0) is 42.7 Å². The number of fused-ring (bicyclic) bond motifs is 2. The predicted molar refractivity (Wildman–Crippen MR) is 147 cm³/mol. The number of β-amino-alcohol motifs (C(OH)–C–C–N with tert-alkyl or cyclic N) is 1. The first-order valence-electron chi connectivity index (χ1n) is 13.5. The summed E-state index contributed by atoms with van der Waals surface area (Å²) in [4.78, 5) is 25.9. The standard InChI is InChI=1S/C29H29F2N7O2/c30-18-6-9-38-24(13-33-26(38)10-18)21-3-4-23(27-22(21)12-34-28(27)39)35-25-5-2-20(11-32-25)37-8-1-7-29(40,17-37)16-36-14-19(31)15-36/h2-6,9-11,13,19,40H,1,7-8,12,14-17H2,(H,32,35)(H,34,39). The lowest BCUT2D eigenvalue weighted by Gasteiger charge is -2.45. The number of aromatic nitrogens is 3. The van der Waals surface area contributed by atoms with Crippen molar-refractivity contribution in [3.63, 3.8) is 0 Å². The van der Waals surface area contributed by atoms with E-state index in [1.165, 1.54) is 12.1 Å². The number of halogens is 2. The van der Waals surface area contributed by atoms with Gasteiger partial charge in [0.1, 0.15) is 23.5 Å². The highest BCUT2D eigenvalue weighted by Crippen LogP contribution is 2.36. The number of hydrogen-bond donors (Lipinski definition) is 3. The molecule has 11 heteroatoms. The topological polar surface area (TPSA) is 98.0 Å². The van der Waals surface area contributed by atoms with E-state index in [1.807, 2.05) is 29.2 Å². The van der Waals surface area contributed by atoms with Crippen LogP contribution in [0.1, 0.15) is 28.8 Å². The molecule has 1 amide bonds. The first-order valence-corrected chi connectivity index (χ1v) is 13.5. The van der Waals surface area contributed by atoms with E-state index in [-0.39, 0.29) is 11.7 Å². The molecule has 0 saturated carbocycles. The first-order chi connectivity index (χ1) is 19.3. The minimum absolute atomic E-state index is 0.176. The Bertz CT molecular complexity index is 1600. The molecule has 2 fully saturated rings. The van der Waals surface area contributed by atoms with Crippen LogP contribution in [0.25, 0.3) is 16.9 Å². The summed E-state index contributed by atoms with van der Waals surface area (Å²) in [5, 5.41) is 17.4. The van der Waals surface area contributed by atoms with Crippen molar-refractivity contribution in [2.45, 2.75) is 31.2 Å². The predicted octanol–water partition coefficient (Wildman–Crippen LogP) is 3.51. The van der Waals surface area contributed by atoms with E-state index in [0.717, 1.165) is 35.5 Å². The quantitative estimate of drug-likeness (QED) is 0.341. The molecule has 1 atom stereocenters. The molecule has 0 aliphatic carbocycles. The van der Waals surface area contributed by atoms with Crippen molar-refractivity contribution in [1.29, 1.82) is 0 Å². The van der Waals surface area contributed by atoms with Crippen molar-refractivity contribution in [1.82, 2.24) is 24.6 Å². The van der Waals surface area contributed by atoms with Crippen LogP contribution in [-0.2, 0) is 6.54 Å². The van der Waals surface area contributed by atoms with Crippen LogP contribution in [0.3, 0.4) is 0 Å². The molecular weight excluding hydrogens is 516 g/mol. The van der Waals surface area contributed by atoms with Gasteiger partial charge >= 0.3 is 0 Å². The summed E-state index contributed by atoms with van der Waals surface area (Å²) >= 11 is 0. The fourth-order valence-corrected chi connectivity index (χ4v) is 6.15. The van der Waals surface area contributed by atoms with E-state index in [2.05, 4.69) is 25.5 Å². The summed E-state index contributed by atoms with van der Waals surface area (Å²) in [7, 11) is 0. The van der Waals surface area contributed by atoms with Gasteiger partial charge in [0.2, 0.25) is 0 Å². The molecule has 0 radical (unpaired) electrons. The third-order valence-electron chi connectivity index (χ3n) is 8.08. The molecule has 2 saturated heterocycles. The number of benzene rings is 1. The minimum Gasteiger partial charge on any atom is -0.387 e. The van der Waals surface area contributed by atoms with E-state index in [0.29, 0.717) is 61.9 Å². The van der Waals surface area contributed by atoms with E-state index in [1.54, 1.807) is 23.0 Å². The lowest BCUT2D eigenvalue weighted by Crippen LogP contribution is -2.59. The number of hydrogen-bond acceptors (Lipinski definition) is 7. The van der Waals surface area contributed by atoms with Gasteiger partial charge in [0, 0.05) is 57.1 Å². The smallest absolute Gasteiger partial charge is 0.254 e. The Labute approximate surface area is 229 Å². The Morgan fingerprint density at radius 2 is 2.02 bits per heavy atom. The number of piperidine rings is 1. The lowest BCUT2D eigenvalue weighted by atomic mass is 9.91. The highest BCUT2D eigenvalue weighted by Gasteiger charge is 2.39. The summed E-state index contributed by atoms with van der Waals surface area (Å²) in [6, 6.07) is 10.3. The number of likely N-dealkylation sites (tertiary alicyclic amines) is 1. The fraction of sp³-hybridized carbons (Fsp3) is 0.345. The maximum absolute atomic E-state index is 13.7. The van der Waals surface area contributed by atoms with Crippen LogP contribution < -0.4 is 15.5 Å². The molecule has 6 heterocycles. The lowest BCUT2D eigenvalue weighted by molar-refractivity contribution is -0.0445. The number of aliphatic hydroxyl groups is 1. The summed E-state index contributed by atoms with van der Waals surface area (Å²) < 4.78 is 28.7. The Morgan fingerprint density at radius 3 is 2.83 bits per heavy atom. The minimum atomic E-state index is -0.875. The maximum Gasteiger partial charge on any atom is 0.254 e. The molecule has 7 rings (SSSR count). The second-order valence-electron chi connectivity index (χ2n) is 11.0. The molecule has 1 aromatic carbocycles. The molecule has 4 aromatic rings. The molecule has 0 bridgehead atoms. The van der Waals surface area contributed by atoms with Gasteiger partial charge in [-0.1, -0.05) is 6.07 Å². The Balaban J connectivity index is 1.11. The van der Waals surface area contributed by atoms with Gasteiger partial charge < -0.3 is 20.6 Å². The molecule has 3 aromatic heterocycles. The van der Waals surface area contributed by atoms with E-state index < -0.39 is 11.8 Å². The fourth-order valence-electron chi connectivity index (χ4n) is 6.15. The highest BCUT2D eigenvalue weighted by atomic mass is 19.1. The van der Waals surface area contributed by atoms with Gasteiger partial charge in [-0.2, -0.15) is 0 Å². The van der Waals surface area contributed by atoms with Gasteiger partial charge in [0.05, 0.1) is 40.6 Å². The van der Waals surface area contributed by atoms with E-state index in [9.17, 15) is 18.7 Å². The number of amides is 1. The number of nitrogens with zero attached hydrogens (tertiary/aromatic N) is 5. The number of nitrogens with one attached hydrogen (secondary N) is 2. The highest BCUT2D eigenvalue weighted by molar-refractivity contribution is 6.06. The van der Waals surface area contributed by atoms with Crippen molar-refractivity contribution < 1.29 is 18.7 Å². The number of carbonyl (C=O) groups excluding carboxylic acids is 1. The van der Waals surface area contributed by atoms with Crippen LogP contribution >= 0.6 is 0 Å². The van der Waals surface area contributed by atoms with Crippen molar-refractivity contribution in [2.75, 3.05) is 42.9 Å². The third-order valence-corrected chi connectivity index (χ3v) is 8.08. The molecule has 3 aliphatic heterocycles. The number of imidazole rings is 1. The number of pyridine rings is 2. The summed E-state index contributed by atoms with van der Waals surface area (Å²) in [5.74, 6) is 0.0546. The summed E-state index contributed by atoms with van der Waals surface area (Å²) in [5.41, 5.74) is 4.17. The normalized spacial score (nSPS) is 21.4. The molecule has 40 heavy (non-hydrogen) atoms. The van der Waals surface area contributed by atoms with E-state index >= 15 is 0 Å². The number of alkyl halides is 1. The second-order valence-corrected chi connectivity index (χ2v) is 11.0. The zero-order valence-electron chi connectivity index (χ0n) is 21.8. The number of carbonyl (C=O) groups is 1. The Kier molecular flexibility index (Phi) is 5.93. The third kappa shape index (κ3) is 4.44. The van der Waals surface area contributed by atoms with E-state index in [4.69, 9.17) is 0 Å². The van der Waals surface area contributed by atoms with Crippen LogP contribution in [0.4, 0.5) is 26.0 Å².